The normalized spacial score (nSPS) is 17.0. The number of benzene rings is 1. The summed E-state index contributed by atoms with van der Waals surface area (Å²) in [6.07, 6.45) is 0. The van der Waals surface area contributed by atoms with Gasteiger partial charge in [0, 0.05) is 37.2 Å². The molecule has 2 aromatic rings. The van der Waals surface area contributed by atoms with E-state index in [0.29, 0.717) is 5.13 Å². The number of hydrogen-bond acceptors (Lipinski definition) is 5. The van der Waals surface area contributed by atoms with Crippen molar-refractivity contribution in [1.82, 2.24) is 9.88 Å². The summed E-state index contributed by atoms with van der Waals surface area (Å²) < 4.78 is 0. The van der Waals surface area contributed by atoms with Crippen LogP contribution in [-0.2, 0) is 4.79 Å². The van der Waals surface area contributed by atoms with Gasteiger partial charge in [0.05, 0.1) is 11.7 Å². The molecule has 1 aliphatic rings. The topological polar surface area (TPSA) is 48.5 Å². The molecule has 6 heteroatoms. The number of aromatic nitrogens is 1. The van der Waals surface area contributed by atoms with Gasteiger partial charge in [-0.15, -0.1) is 11.3 Å². The second-order valence-corrected chi connectivity index (χ2v) is 6.68. The molecule has 0 saturated carbocycles. The maximum Gasteiger partial charge on any atom is 0.243 e. The molecule has 1 N–H and O–H groups in total. The Kier molecular flexibility index (Phi) is 4.93. The van der Waals surface area contributed by atoms with Crippen LogP contribution < -0.4 is 10.2 Å². The Bertz CT molecular complexity index is 650. The molecule has 1 amide bonds. The molecule has 1 aliphatic heterocycles. The fourth-order valence-electron chi connectivity index (χ4n) is 2.79. The molecular weight excluding hydrogens is 308 g/mol. The minimum absolute atomic E-state index is 0.0208. The number of thiazole rings is 1. The molecule has 3 rings (SSSR count). The Morgan fingerprint density at radius 2 is 1.91 bits per heavy atom. The highest BCUT2D eigenvalue weighted by Gasteiger charge is 2.26. The first-order valence-corrected chi connectivity index (χ1v) is 8.78. The van der Waals surface area contributed by atoms with Gasteiger partial charge in [-0.1, -0.05) is 18.2 Å². The van der Waals surface area contributed by atoms with Crippen LogP contribution in [0.15, 0.2) is 35.7 Å². The highest BCUT2D eigenvalue weighted by Crippen LogP contribution is 2.18. The first kappa shape index (κ1) is 16.0. The second kappa shape index (κ2) is 7.10. The minimum Gasteiger partial charge on any atom is -0.369 e. The number of nitrogens with zero attached hydrogens (tertiary/aromatic N) is 3. The van der Waals surface area contributed by atoms with E-state index in [1.807, 2.05) is 25.3 Å². The summed E-state index contributed by atoms with van der Waals surface area (Å²) in [4.78, 5) is 21.3. The number of nitrogens with one attached hydrogen (secondary N) is 1. The number of anilines is 2. The smallest absolute Gasteiger partial charge is 0.243 e. The number of carbonyl (C=O) groups is 1. The standard InChI is InChI=1S/C17H22N4OS/c1-13-12-23-17(18-13)19-16(22)14(2)20-8-10-21(11-9-20)15-6-4-3-5-7-15/h3-7,12,14H,8-11H2,1-2H3,(H,18,19,22)/t14-/m1/s1. The van der Waals surface area contributed by atoms with Crippen molar-refractivity contribution in [3.8, 4) is 0 Å². The van der Waals surface area contributed by atoms with E-state index in [1.165, 1.54) is 17.0 Å². The fourth-order valence-corrected chi connectivity index (χ4v) is 3.48. The van der Waals surface area contributed by atoms with E-state index in [0.717, 1.165) is 31.9 Å². The van der Waals surface area contributed by atoms with E-state index >= 15 is 0 Å². The quantitative estimate of drug-likeness (QED) is 0.936. The molecule has 0 aliphatic carbocycles. The van der Waals surface area contributed by atoms with E-state index in [2.05, 4.69) is 44.4 Å². The number of aryl methyl sites for hydroxylation is 1. The van der Waals surface area contributed by atoms with E-state index in [4.69, 9.17) is 0 Å². The third-order valence-electron chi connectivity index (χ3n) is 4.21. The zero-order valence-electron chi connectivity index (χ0n) is 13.5. The zero-order valence-corrected chi connectivity index (χ0v) is 14.3. The van der Waals surface area contributed by atoms with Crippen LogP contribution in [0.5, 0.6) is 0 Å². The Morgan fingerprint density at radius 1 is 1.22 bits per heavy atom. The summed E-state index contributed by atoms with van der Waals surface area (Å²) in [6.45, 7) is 7.56. The van der Waals surface area contributed by atoms with Gasteiger partial charge in [-0.3, -0.25) is 9.69 Å². The molecule has 0 bridgehead atoms. The number of piperazine rings is 1. The van der Waals surface area contributed by atoms with E-state index in [9.17, 15) is 4.79 Å². The Morgan fingerprint density at radius 3 is 2.52 bits per heavy atom. The first-order valence-electron chi connectivity index (χ1n) is 7.90. The fraction of sp³-hybridized carbons (Fsp3) is 0.412. The lowest BCUT2D eigenvalue weighted by Gasteiger charge is -2.38. The van der Waals surface area contributed by atoms with Crippen LogP contribution in [0.3, 0.4) is 0 Å². The Labute approximate surface area is 140 Å². The number of carbonyl (C=O) groups excluding carboxylic acids is 1. The molecule has 1 saturated heterocycles. The van der Waals surface area contributed by atoms with Gasteiger partial charge in [0.1, 0.15) is 0 Å². The van der Waals surface area contributed by atoms with E-state index in [1.54, 1.807) is 0 Å². The van der Waals surface area contributed by atoms with Crippen molar-refractivity contribution in [2.24, 2.45) is 0 Å². The van der Waals surface area contributed by atoms with Gasteiger partial charge in [0.15, 0.2) is 5.13 Å². The molecule has 0 unspecified atom stereocenters. The van der Waals surface area contributed by atoms with Crippen molar-refractivity contribution < 1.29 is 4.79 Å². The van der Waals surface area contributed by atoms with Gasteiger partial charge in [-0.2, -0.15) is 0 Å². The molecule has 1 aromatic heterocycles. The Hall–Kier alpha value is -1.92. The summed E-state index contributed by atoms with van der Waals surface area (Å²) in [5, 5.41) is 5.54. The van der Waals surface area contributed by atoms with Crippen LogP contribution in [0, 0.1) is 6.92 Å². The molecule has 0 radical (unpaired) electrons. The predicted octanol–water partition coefficient (Wildman–Crippen LogP) is 2.60. The van der Waals surface area contributed by atoms with Crippen LogP contribution in [-0.4, -0.2) is 48.0 Å². The van der Waals surface area contributed by atoms with Gasteiger partial charge in [0.2, 0.25) is 5.91 Å². The maximum absolute atomic E-state index is 12.4. The van der Waals surface area contributed by atoms with E-state index in [-0.39, 0.29) is 11.9 Å². The molecule has 23 heavy (non-hydrogen) atoms. The second-order valence-electron chi connectivity index (χ2n) is 5.82. The number of hydrogen-bond donors (Lipinski definition) is 1. The summed E-state index contributed by atoms with van der Waals surface area (Å²) in [5.74, 6) is 0.0208. The van der Waals surface area contributed by atoms with Crippen molar-refractivity contribution in [1.29, 1.82) is 0 Å². The molecule has 1 fully saturated rings. The van der Waals surface area contributed by atoms with Crippen LogP contribution in [0.1, 0.15) is 12.6 Å². The van der Waals surface area contributed by atoms with Crippen molar-refractivity contribution in [2.45, 2.75) is 19.9 Å². The van der Waals surface area contributed by atoms with E-state index < -0.39 is 0 Å². The van der Waals surface area contributed by atoms with Gasteiger partial charge in [-0.25, -0.2) is 4.98 Å². The van der Waals surface area contributed by atoms with Crippen molar-refractivity contribution in [3.63, 3.8) is 0 Å². The molecule has 5 nitrogen and oxygen atoms in total. The third kappa shape index (κ3) is 3.89. The molecule has 1 atom stereocenters. The van der Waals surface area contributed by atoms with Crippen molar-refractivity contribution in [3.05, 3.63) is 41.4 Å². The SMILES string of the molecule is Cc1csc(NC(=O)[C@@H](C)N2CCN(c3ccccc3)CC2)n1. The lowest BCUT2D eigenvalue weighted by atomic mass is 10.2. The van der Waals surface area contributed by atoms with Crippen molar-refractivity contribution in [2.75, 3.05) is 36.4 Å². The Balaban J connectivity index is 1.53. The first-order chi connectivity index (χ1) is 11.1. The van der Waals surface area contributed by atoms with Gasteiger partial charge >= 0.3 is 0 Å². The lowest BCUT2D eigenvalue weighted by Crippen LogP contribution is -2.52. The predicted molar refractivity (Wildman–Crippen MR) is 95.2 cm³/mol. The highest BCUT2D eigenvalue weighted by molar-refractivity contribution is 7.13. The molecule has 2 heterocycles. The lowest BCUT2D eigenvalue weighted by molar-refractivity contribution is -0.120. The average Bonchev–Trinajstić information content (AvgIpc) is 3.00. The third-order valence-corrected chi connectivity index (χ3v) is 5.09. The molecule has 1 aromatic carbocycles. The van der Waals surface area contributed by atoms with Crippen LogP contribution in [0.2, 0.25) is 0 Å². The van der Waals surface area contributed by atoms with Crippen LogP contribution in [0.25, 0.3) is 0 Å². The van der Waals surface area contributed by atoms with Crippen LogP contribution in [0.4, 0.5) is 10.8 Å². The molecule has 122 valence electrons. The average molecular weight is 330 g/mol. The van der Waals surface area contributed by atoms with Gasteiger partial charge < -0.3 is 10.2 Å². The summed E-state index contributed by atoms with van der Waals surface area (Å²) in [5.41, 5.74) is 2.19. The van der Waals surface area contributed by atoms with Crippen LogP contribution >= 0.6 is 11.3 Å². The van der Waals surface area contributed by atoms with Gasteiger partial charge in [-0.05, 0) is 26.0 Å². The summed E-state index contributed by atoms with van der Waals surface area (Å²) in [7, 11) is 0. The number of amides is 1. The molecule has 0 spiro atoms. The zero-order chi connectivity index (χ0) is 16.2. The highest BCUT2D eigenvalue weighted by atomic mass is 32.1. The van der Waals surface area contributed by atoms with Crippen molar-refractivity contribution >= 4 is 28.1 Å². The minimum atomic E-state index is -0.142. The monoisotopic (exact) mass is 330 g/mol. The largest absolute Gasteiger partial charge is 0.369 e. The molecular formula is C17H22N4OS. The summed E-state index contributed by atoms with van der Waals surface area (Å²) >= 11 is 1.47. The maximum atomic E-state index is 12.4. The van der Waals surface area contributed by atoms with Gasteiger partial charge in [0.25, 0.3) is 0 Å². The summed E-state index contributed by atoms with van der Waals surface area (Å²) in [6, 6.07) is 10.3. The number of para-hydroxylation sites is 1. The number of rotatable bonds is 4.